The van der Waals surface area contributed by atoms with E-state index in [9.17, 15) is 0 Å². The molecule has 1 rings (SSSR count). The Hall–Kier alpha value is -1.53. The second-order valence-corrected chi connectivity index (χ2v) is 3.72. The first-order valence-electron chi connectivity index (χ1n) is 4.97. The highest BCUT2D eigenvalue weighted by Gasteiger charge is 2.10. The first kappa shape index (κ1) is 11.5. The summed E-state index contributed by atoms with van der Waals surface area (Å²) in [7, 11) is 0. The highest BCUT2D eigenvalue weighted by Crippen LogP contribution is 2.25. The minimum absolute atomic E-state index is 0.0919. The van der Waals surface area contributed by atoms with E-state index in [4.69, 9.17) is 15.7 Å². The summed E-state index contributed by atoms with van der Waals surface area (Å²) in [5.74, 6) is 0.699. The molecule has 1 unspecified atom stereocenters. The Morgan fingerprint density at radius 1 is 1.40 bits per heavy atom. The van der Waals surface area contributed by atoms with E-state index in [2.05, 4.69) is 0 Å². The number of nitrogens with two attached hydrogens (primary N) is 1. The van der Waals surface area contributed by atoms with Gasteiger partial charge in [0, 0.05) is 11.6 Å². The van der Waals surface area contributed by atoms with E-state index in [1.54, 1.807) is 6.92 Å². The number of hydrogen-bond acceptors (Lipinski definition) is 3. The number of ether oxygens (including phenoxy) is 1. The van der Waals surface area contributed by atoms with Crippen LogP contribution in [0.1, 0.15) is 31.0 Å². The molecule has 80 valence electrons. The van der Waals surface area contributed by atoms with Crippen LogP contribution in [0, 0.1) is 18.3 Å². The highest BCUT2D eigenvalue weighted by atomic mass is 16.5. The molecular weight excluding hydrogens is 188 g/mol. The molecule has 15 heavy (non-hydrogen) atoms. The first-order valence-corrected chi connectivity index (χ1v) is 4.97. The molecule has 2 N–H and O–H groups in total. The summed E-state index contributed by atoms with van der Waals surface area (Å²) < 4.78 is 5.47. The van der Waals surface area contributed by atoms with Crippen LogP contribution in [0.2, 0.25) is 0 Å². The Bertz CT molecular complexity index is 380. The van der Waals surface area contributed by atoms with Crippen molar-refractivity contribution in [2.45, 2.75) is 32.9 Å². The minimum Gasteiger partial charge on any atom is -0.476 e. The summed E-state index contributed by atoms with van der Waals surface area (Å²) >= 11 is 0. The van der Waals surface area contributed by atoms with Crippen molar-refractivity contribution in [1.82, 2.24) is 0 Å². The summed E-state index contributed by atoms with van der Waals surface area (Å²) in [6.45, 7) is 5.62. The van der Waals surface area contributed by atoms with Crippen LogP contribution < -0.4 is 10.5 Å². The van der Waals surface area contributed by atoms with Crippen LogP contribution in [0.5, 0.6) is 5.75 Å². The van der Waals surface area contributed by atoms with Gasteiger partial charge in [0.1, 0.15) is 11.8 Å². The third-order valence-electron chi connectivity index (χ3n) is 2.14. The van der Waals surface area contributed by atoms with Gasteiger partial charge < -0.3 is 10.5 Å². The number of nitriles is 1. The molecule has 0 bridgehead atoms. The number of nitrogens with zero attached hydrogens (tertiary/aromatic N) is 1. The first-order chi connectivity index (χ1) is 7.04. The molecule has 3 heteroatoms. The zero-order chi connectivity index (χ0) is 11.4. The molecule has 1 aromatic rings. The van der Waals surface area contributed by atoms with Crippen molar-refractivity contribution in [3.8, 4) is 11.8 Å². The van der Waals surface area contributed by atoms with Gasteiger partial charge in [-0.2, -0.15) is 5.26 Å². The van der Waals surface area contributed by atoms with Crippen molar-refractivity contribution in [1.29, 1.82) is 5.26 Å². The number of aryl methyl sites for hydroxylation is 1. The largest absolute Gasteiger partial charge is 0.476 e. The fourth-order valence-corrected chi connectivity index (χ4v) is 1.35. The van der Waals surface area contributed by atoms with Crippen LogP contribution >= 0.6 is 0 Å². The lowest BCUT2D eigenvalue weighted by atomic mass is 10.1. The van der Waals surface area contributed by atoms with Gasteiger partial charge in [0.25, 0.3) is 0 Å². The maximum absolute atomic E-state index is 8.67. The van der Waals surface area contributed by atoms with Crippen LogP contribution in [0.4, 0.5) is 0 Å². The highest BCUT2D eigenvalue weighted by molar-refractivity contribution is 5.39. The fourth-order valence-electron chi connectivity index (χ4n) is 1.35. The van der Waals surface area contributed by atoms with E-state index in [1.165, 1.54) is 0 Å². The predicted octanol–water partition coefficient (Wildman–Crippen LogP) is 2.31. The quantitative estimate of drug-likeness (QED) is 0.821. The van der Waals surface area contributed by atoms with Gasteiger partial charge >= 0.3 is 0 Å². The van der Waals surface area contributed by atoms with Crippen molar-refractivity contribution in [2.24, 2.45) is 5.73 Å². The fraction of sp³-hybridized carbons (Fsp3) is 0.417. The van der Waals surface area contributed by atoms with E-state index in [0.29, 0.717) is 5.75 Å². The normalized spacial score (nSPS) is 14.1. The van der Waals surface area contributed by atoms with Crippen LogP contribution in [-0.2, 0) is 0 Å². The molecular formula is C12H16N2O. The Morgan fingerprint density at radius 2 is 2.07 bits per heavy atom. The third-order valence-corrected chi connectivity index (χ3v) is 2.14. The van der Waals surface area contributed by atoms with Gasteiger partial charge in [-0.05, 0) is 26.8 Å². The van der Waals surface area contributed by atoms with Crippen molar-refractivity contribution in [2.75, 3.05) is 0 Å². The molecule has 0 saturated carbocycles. The Balaban J connectivity index is 3.02. The van der Waals surface area contributed by atoms with Gasteiger partial charge in [0.2, 0.25) is 0 Å². The van der Waals surface area contributed by atoms with E-state index < -0.39 is 6.10 Å². The zero-order valence-corrected chi connectivity index (χ0v) is 9.32. The molecule has 0 heterocycles. The van der Waals surface area contributed by atoms with E-state index >= 15 is 0 Å². The van der Waals surface area contributed by atoms with E-state index in [1.807, 2.05) is 38.1 Å². The van der Waals surface area contributed by atoms with E-state index in [-0.39, 0.29) is 6.04 Å². The minimum atomic E-state index is -0.454. The standard InChI is InChI=1S/C12H16N2O/c1-8-4-5-12(15-9(2)7-13)11(6-8)10(3)14/h4-6,9-10H,14H2,1-3H3/t9?,10-/m1/s1. The summed E-state index contributed by atoms with van der Waals surface area (Å²) in [4.78, 5) is 0. The van der Waals surface area contributed by atoms with Crippen LogP contribution in [-0.4, -0.2) is 6.10 Å². The maximum atomic E-state index is 8.67. The van der Waals surface area contributed by atoms with Crippen molar-refractivity contribution in [3.63, 3.8) is 0 Å². The van der Waals surface area contributed by atoms with Gasteiger partial charge in [-0.3, -0.25) is 0 Å². The van der Waals surface area contributed by atoms with Crippen molar-refractivity contribution in [3.05, 3.63) is 29.3 Å². The Kier molecular flexibility index (Phi) is 3.70. The number of hydrogen-bond donors (Lipinski definition) is 1. The smallest absolute Gasteiger partial charge is 0.181 e. The molecule has 0 saturated heterocycles. The van der Waals surface area contributed by atoms with Gasteiger partial charge in [-0.25, -0.2) is 0 Å². The molecule has 0 radical (unpaired) electrons. The number of benzene rings is 1. The van der Waals surface area contributed by atoms with Gasteiger partial charge in [0.15, 0.2) is 6.10 Å². The molecule has 0 fully saturated rings. The van der Waals surface area contributed by atoms with E-state index in [0.717, 1.165) is 11.1 Å². The van der Waals surface area contributed by atoms with Crippen LogP contribution in [0.15, 0.2) is 18.2 Å². The van der Waals surface area contributed by atoms with Crippen LogP contribution in [0.3, 0.4) is 0 Å². The summed E-state index contributed by atoms with van der Waals surface area (Å²) in [6, 6.07) is 7.74. The lowest BCUT2D eigenvalue weighted by Crippen LogP contribution is -2.13. The Labute approximate surface area is 90.5 Å². The average Bonchev–Trinajstić information content (AvgIpc) is 2.20. The molecule has 2 atom stereocenters. The molecule has 0 aliphatic heterocycles. The second-order valence-electron chi connectivity index (χ2n) is 3.72. The van der Waals surface area contributed by atoms with Gasteiger partial charge in [0.05, 0.1) is 0 Å². The molecule has 3 nitrogen and oxygen atoms in total. The van der Waals surface area contributed by atoms with Gasteiger partial charge in [-0.1, -0.05) is 17.7 Å². The Morgan fingerprint density at radius 3 is 2.60 bits per heavy atom. The molecule has 0 aliphatic rings. The third kappa shape index (κ3) is 2.97. The summed E-state index contributed by atoms with van der Waals surface area (Å²) in [5, 5.41) is 8.67. The lowest BCUT2D eigenvalue weighted by molar-refractivity contribution is 0.272. The molecule has 0 amide bonds. The van der Waals surface area contributed by atoms with Crippen LogP contribution in [0.25, 0.3) is 0 Å². The van der Waals surface area contributed by atoms with Gasteiger partial charge in [-0.15, -0.1) is 0 Å². The summed E-state index contributed by atoms with van der Waals surface area (Å²) in [5.41, 5.74) is 7.92. The second kappa shape index (κ2) is 4.81. The van der Waals surface area contributed by atoms with Crippen molar-refractivity contribution >= 4 is 0 Å². The molecule has 1 aromatic carbocycles. The summed E-state index contributed by atoms with van der Waals surface area (Å²) in [6.07, 6.45) is -0.454. The monoisotopic (exact) mass is 204 g/mol. The average molecular weight is 204 g/mol. The predicted molar refractivity (Wildman–Crippen MR) is 59.5 cm³/mol. The zero-order valence-electron chi connectivity index (χ0n) is 9.32. The molecule has 0 aliphatic carbocycles. The maximum Gasteiger partial charge on any atom is 0.181 e. The van der Waals surface area contributed by atoms with Crippen molar-refractivity contribution < 1.29 is 4.74 Å². The SMILES string of the molecule is Cc1ccc(OC(C)C#N)c([C@@H](C)N)c1. The molecule has 0 spiro atoms. The molecule has 0 aromatic heterocycles. The lowest BCUT2D eigenvalue weighted by Gasteiger charge is -2.15. The number of rotatable bonds is 3. The topological polar surface area (TPSA) is 59.0 Å².